The number of fused-ring (bicyclic) bond motifs is 1. The molecule has 0 spiro atoms. The number of halogens is 1. The lowest BCUT2D eigenvalue weighted by molar-refractivity contribution is 0.0900. The second-order valence-electron chi connectivity index (χ2n) is 5.77. The fourth-order valence-corrected chi connectivity index (χ4v) is 3.55. The van der Waals surface area contributed by atoms with Crippen LogP contribution in [0.25, 0.3) is 10.9 Å². The van der Waals surface area contributed by atoms with E-state index in [0.717, 1.165) is 29.3 Å². The minimum atomic E-state index is 0.172. The Kier molecular flexibility index (Phi) is 4.11. The van der Waals surface area contributed by atoms with E-state index in [-0.39, 0.29) is 11.7 Å². The van der Waals surface area contributed by atoms with Crippen molar-refractivity contribution >= 4 is 28.3 Å². The zero-order valence-electron chi connectivity index (χ0n) is 11.6. The molecule has 0 unspecified atom stereocenters. The number of aromatic nitrogens is 1. The monoisotopic (exact) mass is 289 g/mol. The van der Waals surface area contributed by atoms with E-state index in [9.17, 15) is 4.79 Å². The molecule has 0 bridgehead atoms. The number of nitrogens with one attached hydrogen (secondary N) is 1. The second kappa shape index (κ2) is 6.01. The predicted molar refractivity (Wildman–Crippen MR) is 83.4 cm³/mol. The maximum absolute atomic E-state index is 12.8. The summed E-state index contributed by atoms with van der Waals surface area (Å²) in [4.78, 5) is 16.0. The molecule has 2 nitrogen and oxygen atoms in total. The quantitative estimate of drug-likeness (QED) is 0.741. The van der Waals surface area contributed by atoms with Crippen LogP contribution in [0.2, 0.25) is 5.02 Å². The van der Waals surface area contributed by atoms with Crippen molar-refractivity contribution in [3.05, 3.63) is 35.0 Å². The Hall–Kier alpha value is -1.28. The lowest BCUT2D eigenvalue weighted by Gasteiger charge is -2.18. The molecule has 0 radical (unpaired) electrons. The van der Waals surface area contributed by atoms with Gasteiger partial charge in [-0.15, -0.1) is 0 Å². The van der Waals surface area contributed by atoms with Gasteiger partial charge in [0, 0.05) is 28.6 Å². The molecule has 20 heavy (non-hydrogen) atoms. The Balaban J connectivity index is 1.91. The van der Waals surface area contributed by atoms with Crippen LogP contribution < -0.4 is 0 Å². The number of rotatable bonds is 2. The molecule has 1 aliphatic carbocycles. The highest BCUT2D eigenvalue weighted by Crippen LogP contribution is 2.31. The van der Waals surface area contributed by atoms with Gasteiger partial charge < -0.3 is 4.98 Å². The van der Waals surface area contributed by atoms with E-state index in [1.165, 1.54) is 32.1 Å². The zero-order valence-corrected chi connectivity index (χ0v) is 12.4. The number of Topliss-reactive ketones (excluding diaryl/α,β-unsaturated/α-hetero) is 1. The summed E-state index contributed by atoms with van der Waals surface area (Å²) in [6, 6.07) is 5.73. The normalized spacial score (nSPS) is 17.9. The van der Waals surface area contributed by atoms with Crippen LogP contribution in [-0.4, -0.2) is 10.8 Å². The Bertz CT molecular complexity index is 608. The van der Waals surface area contributed by atoms with Gasteiger partial charge in [-0.2, -0.15) is 0 Å². The van der Waals surface area contributed by atoms with E-state index < -0.39 is 0 Å². The first-order valence-electron chi connectivity index (χ1n) is 7.57. The minimum absolute atomic E-state index is 0.172. The Labute approximate surface area is 124 Å². The summed E-state index contributed by atoms with van der Waals surface area (Å²) >= 11 is 6.27. The van der Waals surface area contributed by atoms with Crippen molar-refractivity contribution < 1.29 is 4.79 Å². The molecule has 1 aromatic heterocycles. The Morgan fingerprint density at radius 1 is 1.10 bits per heavy atom. The summed E-state index contributed by atoms with van der Waals surface area (Å²) < 4.78 is 0. The molecule has 1 aliphatic rings. The molecule has 1 heterocycles. The van der Waals surface area contributed by atoms with Crippen molar-refractivity contribution in [1.82, 2.24) is 4.98 Å². The van der Waals surface area contributed by atoms with E-state index in [0.29, 0.717) is 5.02 Å². The van der Waals surface area contributed by atoms with Crippen LogP contribution in [0, 0.1) is 5.92 Å². The lowest BCUT2D eigenvalue weighted by atomic mass is 9.85. The van der Waals surface area contributed by atoms with Crippen molar-refractivity contribution in [1.29, 1.82) is 0 Å². The van der Waals surface area contributed by atoms with Crippen LogP contribution in [0.3, 0.4) is 0 Å². The van der Waals surface area contributed by atoms with Crippen molar-refractivity contribution in [2.24, 2.45) is 5.92 Å². The van der Waals surface area contributed by atoms with Crippen LogP contribution >= 0.6 is 11.6 Å². The number of benzene rings is 1. The third kappa shape index (κ3) is 2.62. The highest BCUT2D eigenvalue weighted by atomic mass is 35.5. The number of ketones is 1. The second-order valence-corrected chi connectivity index (χ2v) is 6.18. The van der Waals surface area contributed by atoms with Crippen molar-refractivity contribution in [3.63, 3.8) is 0 Å². The van der Waals surface area contributed by atoms with Crippen molar-refractivity contribution in [2.75, 3.05) is 0 Å². The number of aromatic amines is 1. The van der Waals surface area contributed by atoms with Crippen molar-refractivity contribution in [2.45, 2.75) is 44.9 Å². The Morgan fingerprint density at radius 2 is 1.80 bits per heavy atom. The first-order chi connectivity index (χ1) is 9.77. The minimum Gasteiger partial charge on any atom is -0.360 e. The highest BCUT2D eigenvalue weighted by Gasteiger charge is 2.23. The van der Waals surface area contributed by atoms with Crippen molar-refractivity contribution in [3.8, 4) is 0 Å². The third-order valence-corrected chi connectivity index (χ3v) is 4.71. The van der Waals surface area contributed by atoms with Gasteiger partial charge in [0.2, 0.25) is 0 Å². The number of H-pyrrole nitrogens is 1. The maximum atomic E-state index is 12.8. The van der Waals surface area contributed by atoms with Crippen LogP contribution in [0.1, 0.15) is 55.3 Å². The average molecular weight is 290 g/mol. The largest absolute Gasteiger partial charge is 0.360 e. The molecule has 3 rings (SSSR count). The summed E-state index contributed by atoms with van der Waals surface area (Å²) in [5.74, 6) is 0.442. The third-order valence-electron chi connectivity index (χ3n) is 4.40. The van der Waals surface area contributed by atoms with E-state index >= 15 is 0 Å². The first-order valence-corrected chi connectivity index (χ1v) is 7.95. The van der Waals surface area contributed by atoms with Gasteiger partial charge >= 0.3 is 0 Å². The summed E-state index contributed by atoms with van der Waals surface area (Å²) in [5, 5.41) is 1.55. The highest BCUT2D eigenvalue weighted by molar-refractivity contribution is 6.36. The number of hydrogen-bond acceptors (Lipinski definition) is 1. The Morgan fingerprint density at radius 3 is 2.55 bits per heavy atom. The SMILES string of the molecule is O=C(c1c[nH]c2cccc(Cl)c12)C1CCCCCCC1. The van der Waals surface area contributed by atoms with Crippen LogP contribution in [0.15, 0.2) is 24.4 Å². The molecule has 1 saturated carbocycles. The van der Waals surface area contributed by atoms with Gasteiger partial charge in [-0.25, -0.2) is 0 Å². The molecule has 0 saturated heterocycles. The lowest BCUT2D eigenvalue weighted by Crippen LogP contribution is -2.16. The molecule has 1 fully saturated rings. The molecule has 106 valence electrons. The van der Waals surface area contributed by atoms with Crippen LogP contribution in [0.5, 0.6) is 0 Å². The summed E-state index contributed by atoms with van der Waals surface area (Å²) in [5.41, 5.74) is 1.72. The van der Waals surface area contributed by atoms with Gasteiger partial charge in [0.1, 0.15) is 0 Å². The summed E-state index contributed by atoms with van der Waals surface area (Å²) in [6.07, 6.45) is 10.1. The molecule has 3 heteroatoms. The number of hydrogen-bond donors (Lipinski definition) is 1. The molecular formula is C17H20ClNO. The average Bonchev–Trinajstić information content (AvgIpc) is 2.83. The van der Waals surface area contributed by atoms with Gasteiger partial charge in [0.15, 0.2) is 5.78 Å². The molecule has 2 aromatic rings. The fourth-order valence-electron chi connectivity index (χ4n) is 3.27. The maximum Gasteiger partial charge on any atom is 0.168 e. The van der Waals surface area contributed by atoms with Gasteiger partial charge in [0.25, 0.3) is 0 Å². The molecule has 1 N–H and O–H groups in total. The standard InChI is InChI=1S/C17H20ClNO/c18-14-9-6-10-15-16(14)13(11-19-15)17(20)12-7-4-2-1-3-5-8-12/h6,9-12,19H,1-5,7-8H2. The van der Waals surface area contributed by atoms with E-state index in [1.54, 1.807) is 0 Å². The molecule has 0 atom stereocenters. The van der Waals surface area contributed by atoms with Crippen LogP contribution in [-0.2, 0) is 0 Å². The fraction of sp³-hybridized carbons (Fsp3) is 0.471. The molecule has 0 aliphatic heterocycles. The molecule has 1 aromatic carbocycles. The van der Waals surface area contributed by atoms with Gasteiger partial charge in [-0.3, -0.25) is 4.79 Å². The van der Waals surface area contributed by atoms with Gasteiger partial charge in [-0.05, 0) is 25.0 Å². The smallest absolute Gasteiger partial charge is 0.168 e. The molecular weight excluding hydrogens is 270 g/mol. The van der Waals surface area contributed by atoms with E-state index in [2.05, 4.69) is 4.98 Å². The summed E-state index contributed by atoms with van der Waals surface area (Å²) in [6.45, 7) is 0. The van der Waals surface area contributed by atoms with E-state index in [1.807, 2.05) is 24.4 Å². The first kappa shape index (κ1) is 13.7. The van der Waals surface area contributed by atoms with Gasteiger partial charge in [0.05, 0.1) is 5.02 Å². The number of carbonyl (C=O) groups excluding carboxylic acids is 1. The summed E-state index contributed by atoms with van der Waals surface area (Å²) in [7, 11) is 0. The number of carbonyl (C=O) groups is 1. The van der Waals surface area contributed by atoms with Crippen LogP contribution in [0.4, 0.5) is 0 Å². The molecule has 0 amide bonds. The zero-order chi connectivity index (χ0) is 13.9. The predicted octanol–water partition coefficient (Wildman–Crippen LogP) is 5.36. The van der Waals surface area contributed by atoms with E-state index in [4.69, 9.17) is 11.6 Å². The van der Waals surface area contributed by atoms with Gasteiger partial charge in [-0.1, -0.05) is 49.8 Å². The topological polar surface area (TPSA) is 32.9 Å².